The van der Waals surface area contributed by atoms with Gasteiger partial charge in [-0.3, -0.25) is 50.4 Å². The van der Waals surface area contributed by atoms with Crippen LogP contribution in [-0.4, -0.2) is 166 Å². The third-order valence-electron chi connectivity index (χ3n) is 23.5. The number of H-pyrrole nitrogens is 5. The van der Waals surface area contributed by atoms with Crippen molar-refractivity contribution in [2.24, 2.45) is 0 Å². The lowest BCUT2D eigenvalue weighted by Crippen LogP contribution is -2.56. The van der Waals surface area contributed by atoms with Gasteiger partial charge in [0, 0.05) is 153 Å². The van der Waals surface area contributed by atoms with E-state index in [1.165, 1.54) is 0 Å². The molecule has 0 spiro atoms. The van der Waals surface area contributed by atoms with E-state index >= 15 is 0 Å². The van der Waals surface area contributed by atoms with E-state index in [4.69, 9.17) is 9.84 Å². The van der Waals surface area contributed by atoms with Gasteiger partial charge in [-0.2, -0.15) is 35.7 Å². The highest BCUT2D eigenvalue weighted by Gasteiger charge is 2.45. The molecule has 23 aromatic rings. The number of aromatic nitrogens is 24. The van der Waals surface area contributed by atoms with E-state index in [9.17, 15) is 8.78 Å². The van der Waals surface area contributed by atoms with E-state index in [1.807, 2.05) is 195 Å². The van der Waals surface area contributed by atoms with Crippen LogP contribution in [0.25, 0.3) is 132 Å². The predicted molar refractivity (Wildman–Crippen MR) is 526 cm³/mol. The number of allylic oxidation sites excluding steroid dienone is 1. The number of aryl methyl sites for hydroxylation is 2. The number of pyridine rings is 10. The zero-order valence-electron chi connectivity index (χ0n) is 72.6. The van der Waals surface area contributed by atoms with Crippen molar-refractivity contribution < 1.29 is 13.5 Å². The molecule has 3 aliphatic rings. The molecule has 662 valence electrons. The summed E-state index contributed by atoms with van der Waals surface area (Å²) in [5.41, 5.74) is 18.2. The number of ether oxygens (including phenoxy) is 1. The molecular weight excluding hydrogens is 1700 g/mol. The van der Waals surface area contributed by atoms with Crippen LogP contribution in [0.4, 0.5) is 83.8 Å². The average Bonchev–Trinajstić information content (AvgIpc) is 1.68. The van der Waals surface area contributed by atoms with Crippen molar-refractivity contribution in [3.05, 3.63) is 316 Å². The van der Waals surface area contributed by atoms with Gasteiger partial charge in [0.15, 0.2) is 40.7 Å². The number of morpholine rings is 1. The molecule has 0 atom stereocenters. The summed E-state index contributed by atoms with van der Waals surface area (Å²) in [6.45, 7) is 14.6. The molecule has 135 heavy (non-hydrogen) atoms. The van der Waals surface area contributed by atoms with Gasteiger partial charge < -0.3 is 46.0 Å². The van der Waals surface area contributed by atoms with Crippen LogP contribution >= 0.6 is 0 Å². The molecule has 33 nitrogen and oxygen atoms in total. The second-order valence-electron chi connectivity index (χ2n) is 32.6. The van der Waals surface area contributed by atoms with E-state index in [1.54, 1.807) is 53.0 Å². The van der Waals surface area contributed by atoms with Crippen LogP contribution in [0.2, 0.25) is 0 Å². The summed E-state index contributed by atoms with van der Waals surface area (Å²) in [7, 11) is 0. The highest BCUT2D eigenvalue weighted by atomic mass is 19.3. The molecule has 20 heterocycles. The molecule has 0 radical (unpaired) electrons. The number of benzene rings is 6. The number of hydrogen-bond donors (Lipinski definition) is 10. The largest absolute Gasteiger partial charge is 0.373 e. The van der Waals surface area contributed by atoms with Crippen molar-refractivity contribution in [3.63, 3.8) is 0 Å². The Labute approximate surface area is 766 Å². The van der Waals surface area contributed by atoms with Crippen molar-refractivity contribution in [2.45, 2.75) is 32.6 Å². The summed E-state index contributed by atoms with van der Waals surface area (Å²) in [4.78, 5) is 50.4. The van der Waals surface area contributed by atoms with Gasteiger partial charge in [-0.15, -0.1) is 0 Å². The summed E-state index contributed by atoms with van der Waals surface area (Å²) in [5, 5.41) is 73.9. The number of nitrogens with zero attached hydrogens (tertiary/aromatic N) is 22. The van der Waals surface area contributed by atoms with Gasteiger partial charge in [-0.25, -0.2) is 43.1 Å². The first-order valence-corrected chi connectivity index (χ1v) is 43.6. The molecule has 10 N–H and O–H groups in total. The lowest BCUT2D eigenvalue weighted by molar-refractivity contribution is -0.0265. The Morgan fingerprint density at radius 3 is 1.10 bits per heavy atom. The highest BCUT2D eigenvalue weighted by Crippen LogP contribution is 2.40. The first-order chi connectivity index (χ1) is 66.2. The Balaban J connectivity index is 0.0000000981. The van der Waals surface area contributed by atoms with Crippen molar-refractivity contribution in [1.82, 2.24) is 120 Å². The molecule has 26 rings (SSSR count). The van der Waals surface area contributed by atoms with E-state index in [-0.39, 0.29) is 13.1 Å². The molecule has 6 aromatic carbocycles. The van der Waals surface area contributed by atoms with Gasteiger partial charge in [-0.05, 0) is 248 Å². The van der Waals surface area contributed by atoms with Crippen LogP contribution < -0.4 is 41.3 Å². The van der Waals surface area contributed by atoms with E-state index in [0.29, 0.717) is 42.3 Å². The number of fused-ring (bicyclic) bond motifs is 11. The minimum atomic E-state index is -2.63. The molecule has 0 saturated carbocycles. The minimum Gasteiger partial charge on any atom is -0.373 e. The monoisotopic (exact) mass is 1780 g/mol. The fourth-order valence-corrected chi connectivity index (χ4v) is 17.0. The van der Waals surface area contributed by atoms with E-state index in [0.717, 1.165) is 226 Å². The number of para-hydroxylation sites is 1. The SMILES string of the molecule is C=C1CCCN1c1nccc2cc(Nc3n[nH]c4cccnc34)ccc12.C=C1COCCN1c1nccc2cc(Nc3n[nH]c4cccnc34)ccc12.Cc1ccn(-c2nccc3cc(Nc4n[nH]c5cccnc45)ccc23)n1.Cc1nn(-c2nccc3cc(Nc4n[nH]c5cccnc45)ccc23)c2ccccc12.FC1(F)CN(c2nccc3cc(Nc4n[nH]c5cccnc45)ccc23)C1. The van der Waals surface area contributed by atoms with Crippen LogP contribution in [0.1, 0.15) is 24.2 Å². The molecule has 0 amide bonds. The zero-order chi connectivity index (χ0) is 91.0. The number of hydrogen-bond acceptors (Lipinski definition) is 26. The average molecular weight is 1790 g/mol. The van der Waals surface area contributed by atoms with Crippen LogP contribution in [0, 0.1) is 13.8 Å². The summed E-state index contributed by atoms with van der Waals surface area (Å²) >= 11 is 0. The third-order valence-corrected chi connectivity index (χ3v) is 23.5. The molecule has 3 aliphatic heterocycles. The second-order valence-corrected chi connectivity index (χ2v) is 32.6. The van der Waals surface area contributed by atoms with Crippen LogP contribution in [0.15, 0.2) is 305 Å². The number of aromatic amines is 5. The first-order valence-electron chi connectivity index (χ1n) is 43.6. The molecule has 0 bridgehead atoms. The Kier molecular flexibility index (Phi) is 21.6. The number of halogens is 2. The van der Waals surface area contributed by atoms with Gasteiger partial charge in [-0.1, -0.05) is 31.4 Å². The maximum atomic E-state index is 13.2. The van der Waals surface area contributed by atoms with Crippen molar-refractivity contribution >= 4 is 195 Å². The van der Waals surface area contributed by atoms with E-state index in [2.05, 4.69) is 216 Å². The predicted octanol–water partition coefficient (Wildman–Crippen LogP) is 20.3. The zero-order valence-corrected chi connectivity index (χ0v) is 72.6. The maximum Gasteiger partial charge on any atom is 0.282 e. The number of nitrogens with one attached hydrogen (secondary N) is 10. The Morgan fingerprint density at radius 2 is 0.719 bits per heavy atom. The normalized spacial score (nSPS) is 13.6. The standard InChI is InChI=1S/C23H17N7.C20H18N6O.C20H18N6.C19H15N7.C18H14F2N6/c1-14-17-5-2-3-7-20(17)30(29-14)23-18-9-8-16(13-15(18)10-12-25-23)26-22-21-19(27-28-22)6-4-11-24-21;1-13-12-27-10-9-26(13)20-16-5-4-15(11-14(16)6-8-22-20)23-19-18-17(24-25-19)3-2-7-21-18;1-13-4-3-11-26(13)20-16-7-6-15(12-14(16)8-10-22-20)23-19-18-17(24-25-19)5-2-9-21-18;1-12-7-10-26(25-12)19-15-5-4-14(11-13(15)6-9-21-19)22-18-17-16(23-24-18)3-2-8-20-17;19-18(20)9-26(10-18)17-13-4-3-12(8-11(13)5-7-22-17)23-16-15-14(24-25-16)2-1-6-21-15/h2-13H,1H3,(H2,26,27,28);2-8,11H,1,9-10,12H2,(H2,23,24,25);2,5-10,12H,1,3-4,11H2,(H2,23,24,25);2-11H,1H3,(H2,22,23,24);1-8H,9-10H2,(H2,23,24,25). The van der Waals surface area contributed by atoms with Gasteiger partial charge in [0.1, 0.15) is 45.0 Å². The Morgan fingerprint density at radius 1 is 0.356 bits per heavy atom. The number of rotatable bonds is 15. The summed E-state index contributed by atoms with van der Waals surface area (Å²) in [6, 6.07) is 69.6. The van der Waals surface area contributed by atoms with Gasteiger partial charge >= 0.3 is 0 Å². The van der Waals surface area contributed by atoms with Crippen molar-refractivity contribution in [2.75, 3.05) is 80.7 Å². The van der Waals surface area contributed by atoms with Gasteiger partial charge in [0.25, 0.3) is 5.92 Å². The third kappa shape index (κ3) is 16.7. The molecule has 0 unspecified atom stereocenters. The topological polar surface area (TPSA) is 387 Å². The minimum absolute atomic E-state index is 0.288. The lowest BCUT2D eigenvalue weighted by Gasteiger charge is -2.40. The lowest BCUT2D eigenvalue weighted by atomic mass is 10.1. The summed E-state index contributed by atoms with van der Waals surface area (Å²) in [5.74, 6) is 4.97. The first kappa shape index (κ1) is 82.5. The molecule has 35 heteroatoms. The smallest absolute Gasteiger partial charge is 0.282 e. The fraction of sp³-hybridized carbons (Fsp3) is 0.110. The number of anilines is 13. The number of alkyl halides is 2. The molecular formula is C100H82F2N32O. The second kappa shape index (κ2) is 35.4. The Hall–Kier alpha value is -18.2. The molecule has 3 saturated heterocycles. The van der Waals surface area contributed by atoms with Gasteiger partial charge in [0.05, 0.1) is 70.8 Å². The van der Waals surface area contributed by atoms with Crippen molar-refractivity contribution in [3.8, 4) is 11.6 Å². The fourth-order valence-electron chi connectivity index (χ4n) is 17.0. The summed E-state index contributed by atoms with van der Waals surface area (Å²) < 4.78 is 35.6. The van der Waals surface area contributed by atoms with Crippen LogP contribution in [0.5, 0.6) is 0 Å². The summed E-state index contributed by atoms with van der Waals surface area (Å²) in [6.07, 6.45) is 21.8. The van der Waals surface area contributed by atoms with Crippen LogP contribution in [-0.2, 0) is 4.74 Å². The van der Waals surface area contributed by atoms with Gasteiger partial charge in [0.2, 0.25) is 0 Å². The highest BCUT2D eigenvalue weighted by molar-refractivity contribution is 6.02. The molecule has 0 aliphatic carbocycles. The molecule has 17 aromatic heterocycles. The van der Waals surface area contributed by atoms with Crippen LogP contribution in [0.3, 0.4) is 0 Å². The maximum absolute atomic E-state index is 13.2. The van der Waals surface area contributed by atoms with Crippen molar-refractivity contribution in [1.29, 1.82) is 0 Å². The molecule has 3 fully saturated rings. The van der Waals surface area contributed by atoms with E-state index < -0.39 is 5.92 Å². The Bertz CT molecular complexity index is 8440. The quantitative estimate of drug-likeness (QED) is 0.0456.